The standard InChI is InChI=1S/C24H31FN4O3/c1-2-32-23(31)17-6-10-28(11-7-17)20-8-12-29(13-9-20)24-26-14-19(15-27-24)21-5-3-4-18(16-30)22(21)25/h3-5,14-15,17,20,30H,2,6-13,16H2,1H3. The molecule has 0 bridgehead atoms. The highest BCUT2D eigenvalue weighted by Gasteiger charge is 2.31. The fraction of sp³-hybridized carbons (Fsp3) is 0.542. The van der Waals surface area contributed by atoms with E-state index in [1.807, 2.05) is 6.92 Å². The molecule has 2 fully saturated rings. The Morgan fingerprint density at radius 3 is 2.44 bits per heavy atom. The molecule has 8 heteroatoms. The SMILES string of the molecule is CCOC(=O)C1CCN(C2CCN(c3ncc(-c4cccc(CO)c4F)cn3)CC2)CC1. The van der Waals surface area contributed by atoms with E-state index in [2.05, 4.69) is 19.8 Å². The number of piperidine rings is 2. The highest BCUT2D eigenvalue weighted by Crippen LogP contribution is 2.28. The maximum Gasteiger partial charge on any atom is 0.309 e. The lowest BCUT2D eigenvalue weighted by Crippen LogP contribution is -2.48. The van der Waals surface area contributed by atoms with Crippen LogP contribution in [0.15, 0.2) is 30.6 Å². The molecule has 1 N–H and O–H groups in total. The number of hydrogen-bond donors (Lipinski definition) is 1. The van der Waals surface area contributed by atoms with Crippen molar-refractivity contribution in [1.82, 2.24) is 14.9 Å². The van der Waals surface area contributed by atoms with E-state index in [0.717, 1.165) is 51.9 Å². The summed E-state index contributed by atoms with van der Waals surface area (Å²) in [6.45, 7) is 5.59. The number of esters is 1. The number of nitrogens with zero attached hydrogens (tertiary/aromatic N) is 4. The van der Waals surface area contributed by atoms with Crippen molar-refractivity contribution >= 4 is 11.9 Å². The first-order valence-electron chi connectivity index (χ1n) is 11.5. The van der Waals surface area contributed by atoms with Gasteiger partial charge in [0.2, 0.25) is 5.95 Å². The third-order valence-electron chi connectivity index (χ3n) is 6.61. The summed E-state index contributed by atoms with van der Waals surface area (Å²) < 4.78 is 19.7. The van der Waals surface area contributed by atoms with Crippen molar-refractivity contribution < 1.29 is 19.0 Å². The highest BCUT2D eigenvalue weighted by molar-refractivity contribution is 5.72. The van der Waals surface area contributed by atoms with E-state index in [4.69, 9.17) is 4.74 Å². The van der Waals surface area contributed by atoms with Gasteiger partial charge < -0.3 is 19.6 Å². The van der Waals surface area contributed by atoms with Gasteiger partial charge in [0.15, 0.2) is 0 Å². The molecule has 32 heavy (non-hydrogen) atoms. The zero-order valence-electron chi connectivity index (χ0n) is 18.5. The molecule has 1 aromatic heterocycles. The molecular formula is C24H31FN4O3. The molecule has 0 aliphatic carbocycles. The number of aromatic nitrogens is 2. The zero-order chi connectivity index (χ0) is 22.5. The Morgan fingerprint density at radius 2 is 1.81 bits per heavy atom. The van der Waals surface area contributed by atoms with Gasteiger partial charge >= 0.3 is 5.97 Å². The minimum absolute atomic E-state index is 0.0427. The van der Waals surface area contributed by atoms with Crippen molar-refractivity contribution in [1.29, 1.82) is 0 Å². The molecule has 7 nitrogen and oxygen atoms in total. The van der Waals surface area contributed by atoms with Gasteiger partial charge in [-0.25, -0.2) is 14.4 Å². The van der Waals surface area contributed by atoms with Crippen LogP contribution in [0.1, 0.15) is 38.2 Å². The molecule has 0 saturated carbocycles. The van der Waals surface area contributed by atoms with E-state index in [1.54, 1.807) is 30.6 Å². The average molecular weight is 443 g/mol. The van der Waals surface area contributed by atoms with Gasteiger partial charge in [0.05, 0.1) is 19.1 Å². The molecule has 172 valence electrons. The summed E-state index contributed by atoms with van der Waals surface area (Å²) in [6.07, 6.45) is 7.10. The molecule has 1 aromatic carbocycles. The largest absolute Gasteiger partial charge is 0.466 e. The summed E-state index contributed by atoms with van der Waals surface area (Å²) in [6, 6.07) is 5.48. The van der Waals surface area contributed by atoms with Crippen LogP contribution in [-0.4, -0.2) is 64.8 Å². The van der Waals surface area contributed by atoms with Gasteiger partial charge in [-0.3, -0.25) is 4.79 Å². The summed E-state index contributed by atoms with van der Waals surface area (Å²) in [5.41, 5.74) is 1.26. The van der Waals surface area contributed by atoms with Crippen molar-refractivity contribution in [2.24, 2.45) is 5.92 Å². The zero-order valence-corrected chi connectivity index (χ0v) is 18.5. The summed E-state index contributed by atoms with van der Waals surface area (Å²) in [5, 5.41) is 9.28. The number of aliphatic hydroxyl groups excluding tert-OH is 1. The van der Waals surface area contributed by atoms with Crippen LogP contribution in [0.2, 0.25) is 0 Å². The van der Waals surface area contributed by atoms with E-state index in [0.29, 0.717) is 29.7 Å². The normalized spacial score (nSPS) is 18.7. The molecule has 3 heterocycles. The maximum atomic E-state index is 14.5. The number of carbonyl (C=O) groups is 1. The predicted molar refractivity (Wildman–Crippen MR) is 120 cm³/mol. The van der Waals surface area contributed by atoms with E-state index < -0.39 is 5.82 Å². The van der Waals surface area contributed by atoms with Gasteiger partial charge in [-0.15, -0.1) is 0 Å². The Bertz CT molecular complexity index is 908. The Balaban J connectivity index is 1.31. The molecule has 0 unspecified atom stereocenters. The lowest BCUT2D eigenvalue weighted by Gasteiger charge is -2.41. The van der Waals surface area contributed by atoms with Gasteiger partial charge in [0.25, 0.3) is 0 Å². The second-order valence-electron chi connectivity index (χ2n) is 8.49. The van der Waals surface area contributed by atoms with E-state index in [1.165, 1.54) is 0 Å². The molecule has 0 radical (unpaired) electrons. The first kappa shape index (κ1) is 22.6. The quantitative estimate of drug-likeness (QED) is 0.689. The first-order chi connectivity index (χ1) is 15.6. The lowest BCUT2D eigenvalue weighted by atomic mass is 9.93. The van der Waals surface area contributed by atoms with Crippen LogP contribution in [0.5, 0.6) is 0 Å². The minimum Gasteiger partial charge on any atom is -0.466 e. The predicted octanol–water partition coefficient (Wildman–Crippen LogP) is 3.02. The first-order valence-corrected chi connectivity index (χ1v) is 11.5. The Labute approximate surface area is 188 Å². The van der Waals surface area contributed by atoms with Crippen LogP contribution in [0.25, 0.3) is 11.1 Å². The van der Waals surface area contributed by atoms with Gasteiger partial charge in [0.1, 0.15) is 5.82 Å². The second-order valence-corrected chi connectivity index (χ2v) is 8.49. The number of benzene rings is 1. The molecular weight excluding hydrogens is 411 g/mol. The summed E-state index contributed by atoms with van der Waals surface area (Å²) in [4.78, 5) is 25.6. The summed E-state index contributed by atoms with van der Waals surface area (Å²) >= 11 is 0. The molecule has 0 amide bonds. The smallest absolute Gasteiger partial charge is 0.309 e. The molecule has 2 saturated heterocycles. The number of anilines is 1. The van der Waals surface area contributed by atoms with Crippen LogP contribution in [-0.2, 0) is 16.1 Å². The third kappa shape index (κ3) is 4.91. The van der Waals surface area contributed by atoms with E-state index >= 15 is 0 Å². The van der Waals surface area contributed by atoms with E-state index in [-0.39, 0.29) is 24.1 Å². The topological polar surface area (TPSA) is 78.8 Å². The maximum absolute atomic E-state index is 14.5. The van der Waals surface area contributed by atoms with Crippen molar-refractivity contribution in [3.8, 4) is 11.1 Å². The van der Waals surface area contributed by atoms with Crippen molar-refractivity contribution in [2.45, 2.75) is 45.3 Å². The molecule has 4 rings (SSSR count). The van der Waals surface area contributed by atoms with Crippen molar-refractivity contribution in [2.75, 3.05) is 37.7 Å². The van der Waals surface area contributed by atoms with Gasteiger partial charge in [-0.2, -0.15) is 0 Å². The van der Waals surface area contributed by atoms with Gasteiger partial charge in [-0.1, -0.05) is 18.2 Å². The van der Waals surface area contributed by atoms with Crippen molar-refractivity contribution in [3.63, 3.8) is 0 Å². The number of carbonyl (C=O) groups excluding carboxylic acids is 1. The van der Waals surface area contributed by atoms with Crippen LogP contribution in [0.3, 0.4) is 0 Å². The third-order valence-corrected chi connectivity index (χ3v) is 6.61. The number of aliphatic hydroxyl groups is 1. The summed E-state index contributed by atoms with van der Waals surface area (Å²) in [7, 11) is 0. The van der Waals surface area contributed by atoms with Crippen molar-refractivity contribution in [3.05, 3.63) is 42.0 Å². The fourth-order valence-electron chi connectivity index (χ4n) is 4.74. The molecule has 2 aliphatic rings. The lowest BCUT2D eigenvalue weighted by molar-refractivity contribution is -0.149. The number of halogens is 1. The minimum atomic E-state index is -0.432. The van der Waals surface area contributed by atoms with Gasteiger partial charge in [0, 0.05) is 48.2 Å². The molecule has 2 aliphatic heterocycles. The fourth-order valence-corrected chi connectivity index (χ4v) is 4.74. The molecule has 0 atom stereocenters. The van der Waals surface area contributed by atoms with Crippen LogP contribution in [0.4, 0.5) is 10.3 Å². The van der Waals surface area contributed by atoms with E-state index in [9.17, 15) is 14.3 Å². The molecule has 0 spiro atoms. The van der Waals surface area contributed by atoms with Crippen LogP contribution < -0.4 is 4.90 Å². The molecule has 2 aromatic rings. The number of hydrogen-bond acceptors (Lipinski definition) is 7. The van der Waals surface area contributed by atoms with Gasteiger partial charge in [-0.05, 0) is 45.7 Å². The monoisotopic (exact) mass is 442 g/mol. The average Bonchev–Trinajstić information content (AvgIpc) is 2.85. The number of ether oxygens (including phenoxy) is 1. The Hall–Kier alpha value is -2.58. The second kappa shape index (κ2) is 10.4. The van der Waals surface area contributed by atoms with Crippen LogP contribution >= 0.6 is 0 Å². The van der Waals surface area contributed by atoms with Crippen LogP contribution in [0, 0.1) is 11.7 Å². The number of rotatable bonds is 6. The summed E-state index contributed by atoms with van der Waals surface area (Å²) in [5.74, 6) is 0.220. The Morgan fingerprint density at radius 1 is 1.12 bits per heavy atom. The highest BCUT2D eigenvalue weighted by atomic mass is 19.1. The Kier molecular flexibility index (Phi) is 7.32. The number of likely N-dealkylation sites (tertiary alicyclic amines) is 1.